The third-order valence-corrected chi connectivity index (χ3v) is 8.22. The highest BCUT2D eigenvalue weighted by Gasteiger charge is 2.72. The number of aryl methyl sites for hydroxylation is 1. The van der Waals surface area contributed by atoms with Crippen LogP contribution in [-0.4, -0.2) is 62.4 Å². The summed E-state index contributed by atoms with van der Waals surface area (Å²) in [5.41, 5.74) is 3.77. The second-order valence-electron chi connectivity index (χ2n) is 11.6. The second kappa shape index (κ2) is 11.0. The Bertz CT molecular complexity index is 1010. The Kier molecular flexibility index (Phi) is 8.27. The fourth-order valence-electron chi connectivity index (χ4n) is 6.07. The summed E-state index contributed by atoms with van der Waals surface area (Å²) in [6, 6.07) is 4.12. The highest BCUT2D eigenvalue weighted by molar-refractivity contribution is 5.76. The lowest BCUT2D eigenvalue weighted by molar-refractivity contribution is -0.170. The van der Waals surface area contributed by atoms with Gasteiger partial charge in [-0.05, 0) is 83.1 Å². The molecule has 7 nitrogen and oxygen atoms in total. The molecule has 1 spiro atoms. The smallest absolute Gasteiger partial charge is 0.325 e. The Labute approximate surface area is 222 Å². The van der Waals surface area contributed by atoms with E-state index in [4.69, 9.17) is 23.7 Å². The molecule has 1 aromatic rings. The number of anilines is 1. The molecule has 3 aliphatic rings. The van der Waals surface area contributed by atoms with Crippen molar-refractivity contribution in [3.05, 3.63) is 34.9 Å². The van der Waals surface area contributed by atoms with Crippen LogP contribution in [0.4, 0.5) is 5.69 Å². The minimum atomic E-state index is -0.348. The molecule has 2 aliphatic heterocycles. The van der Waals surface area contributed by atoms with Gasteiger partial charge < -0.3 is 29.0 Å². The summed E-state index contributed by atoms with van der Waals surface area (Å²) in [4.78, 5) is 13.0. The second-order valence-corrected chi connectivity index (χ2v) is 11.6. The van der Waals surface area contributed by atoms with Crippen LogP contribution in [0.2, 0.25) is 0 Å². The topological polar surface area (TPSA) is 81.9 Å². The number of esters is 1. The van der Waals surface area contributed by atoms with Crippen molar-refractivity contribution in [3.63, 3.8) is 0 Å². The number of hydrogen-bond acceptors (Lipinski definition) is 7. The first-order valence-electron chi connectivity index (χ1n) is 13.7. The Balaban J connectivity index is 1.42. The molecule has 1 aromatic carbocycles. The monoisotopic (exact) mass is 515 g/mol. The van der Waals surface area contributed by atoms with E-state index in [1.54, 1.807) is 7.11 Å². The number of carbonyl (C=O) groups excluding carboxylic acids is 1. The molecule has 206 valence electrons. The van der Waals surface area contributed by atoms with Crippen molar-refractivity contribution in [1.29, 1.82) is 0 Å². The first-order valence-corrected chi connectivity index (χ1v) is 13.7. The van der Waals surface area contributed by atoms with E-state index in [1.165, 1.54) is 5.57 Å². The van der Waals surface area contributed by atoms with Gasteiger partial charge in [-0.15, -0.1) is 0 Å². The summed E-state index contributed by atoms with van der Waals surface area (Å²) in [7, 11) is 1.70. The third-order valence-electron chi connectivity index (χ3n) is 8.22. The molecule has 0 radical (unpaired) electrons. The van der Waals surface area contributed by atoms with Crippen LogP contribution in [0.1, 0.15) is 77.8 Å². The zero-order valence-corrected chi connectivity index (χ0v) is 23.8. The van der Waals surface area contributed by atoms with Crippen molar-refractivity contribution in [2.75, 3.05) is 32.2 Å². The molecule has 3 fully saturated rings. The Morgan fingerprint density at radius 3 is 2.62 bits per heavy atom. The fourth-order valence-corrected chi connectivity index (χ4v) is 6.07. The zero-order chi connectivity index (χ0) is 27.0. The molecule has 0 aromatic heterocycles. The minimum Gasteiger partial charge on any atom is -0.494 e. The van der Waals surface area contributed by atoms with Gasteiger partial charge in [-0.2, -0.15) is 0 Å². The standard InChI is InChI=1S/C30H45NO6/c1-9-34-24-14-20(6)22(15-21(24)19(4)5)31-16-26(32)36-23-12-13-30(17-35-30)28(27(23)33-8)29(7)25(37-29)11-10-18(2)3/h10,14-15,19,23,25,27-28,31H,9,11-13,16-17H2,1-8H3. The Morgan fingerprint density at radius 1 is 1.30 bits per heavy atom. The summed E-state index contributed by atoms with van der Waals surface area (Å²) in [6.45, 7) is 16.1. The molecule has 6 atom stereocenters. The average molecular weight is 516 g/mol. The van der Waals surface area contributed by atoms with Crippen molar-refractivity contribution in [3.8, 4) is 5.75 Å². The molecule has 7 heteroatoms. The van der Waals surface area contributed by atoms with E-state index in [2.05, 4.69) is 52.1 Å². The lowest BCUT2D eigenvalue weighted by atomic mass is 9.68. The van der Waals surface area contributed by atoms with Crippen molar-refractivity contribution in [1.82, 2.24) is 0 Å². The molecular formula is C30H45NO6. The SMILES string of the molecule is CCOc1cc(C)c(NCC(=O)OC2CCC3(CO3)C(C3(C)OC3CC=C(C)C)C2OC)cc1C(C)C. The van der Waals surface area contributed by atoms with Gasteiger partial charge in [-0.3, -0.25) is 4.79 Å². The summed E-state index contributed by atoms with van der Waals surface area (Å²) >= 11 is 0. The molecule has 1 N–H and O–H groups in total. The van der Waals surface area contributed by atoms with Gasteiger partial charge in [0.25, 0.3) is 0 Å². The van der Waals surface area contributed by atoms with E-state index in [9.17, 15) is 4.79 Å². The van der Waals surface area contributed by atoms with Gasteiger partial charge in [0, 0.05) is 12.8 Å². The van der Waals surface area contributed by atoms with E-state index in [1.807, 2.05) is 19.9 Å². The van der Waals surface area contributed by atoms with Crippen LogP contribution >= 0.6 is 0 Å². The molecule has 1 aliphatic carbocycles. The van der Waals surface area contributed by atoms with Crippen molar-refractivity contribution >= 4 is 11.7 Å². The quantitative estimate of drug-likeness (QED) is 0.235. The summed E-state index contributed by atoms with van der Waals surface area (Å²) in [6.07, 6.45) is 4.16. The van der Waals surface area contributed by atoms with E-state index in [-0.39, 0.29) is 47.9 Å². The van der Waals surface area contributed by atoms with Gasteiger partial charge in [-0.25, -0.2) is 0 Å². The van der Waals surface area contributed by atoms with Crippen LogP contribution in [0.15, 0.2) is 23.8 Å². The number of ether oxygens (including phenoxy) is 5. The van der Waals surface area contributed by atoms with Crippen LogP contribution in [0.25, 0.3) is 0 Å². The first-order chi connectivity index (χ1) is 17.5. The van der Waals surface area contributed by atoms with Crippen LogP contribution in [0, 0.1) is 12.8 Å². The molecule has 4 rings (SSSR count). The molecule has 2 saturated heterocycles. The first kappa shape index (κ1) is 27.9. The van der Waals surface area contributed by atoms with Gasteiger partial charge in [-0.1, -0.05) is 25.5 Å². The normalized spacial score (nSPS) is 32.2. The minimum absolute atomic E-state index is 0.0158. The largest absolute Gasteiger partial charge is 0.494 e. The van der Waals surface area contributed by atoms with Crippen LogP contribution in [0.5, 0.6) is 5.75 Å². The number of benzene rings is 1. The lowest BCUT2D eigenvalue weighted by Gasteiger charge is -2.42. The summed E-state index contributed by atoms with van der Waals surface area (Å²) < 4.78 is 30.1. The molecule has 2 heterocycles. The predicted molar refractivity (Wildman–Crippen MR) is 144 cm³/mol. The molecule has 6 unspecified atom stereocenters. The summed E-state index contributed by atoms with van der Waals surface area (Å²) in [5, 5.41) is 3.29. The maximum absolute atomic E-state index is 13.0. The van der Waals surface area contributed by atoms with Gasteiger partial charge in [0.2, 0.25) is 0 Å². The predicted octanol–water partition coefficient (Wildman–Crippen LogP) is 5.55. The highest BCUT2D eigenvalue weighted by atomic mass is 16.6. The molecular weight excluding hydrogens is 470 g/mol. The summed E-state index contributed by atoms with van der Waals surface area (Å²) in [5.74, 6) is 0.928. The van der Waals surface area contributed by atoms with Crippen LogP contribution < -0.4 is 10.1 Å². The number of methoxy groups -OCH3 is 1. The van der Waals surface area contributed by atoms with Crippen LogP contribution in [-0.2, 0) is 23.7 Å². The number of rotatable bonds is 11. The number of carbonyl (C=O) groups is 1. The van der Waals surface area contributed by atoms with Gasteiger partial charge in [0.05, 0.1) is 25.2 Å². The van der Waals surface area contributed by atoms with Crippen LogP contribution in [0.3, 0.4) is 0 Å². The number of allylic oxidation sites excluding steroid dienone is 1. The number of epoxide rings is 2. The zero-order valence-electron chi connectivity index (χ0n) is 23.8. The van der Waals surface area contributed by atoms with Crippen molar-refractivity contribution in [2.24, 2.45) is 5.92 Å². The van der Waals surface area contributed by atoms with Crippen molar-refractivity contribution in [2.45, 2.75) is 103 Å². The fraction of sp³-hybridized carbons (Fsp3) is 0.700. The number of nitrogens with one attached hydrogen (secondary N) is 1. The lowest BCUT2D eigenvalue weighted by Crippen LogP contribution is -2.55. The Hall–Kier alpha value is -2.09. The molecule has 0 bridgehead atoms. The third kappa shape index (κ3) is 5.84. The van der Waals surface area contributed by atoms with Gasteiger partial charge in [0.15, 0.2) is 0 Å². The molecule has 0 amide bonds. The molecule has 1 saturated carbocycles. The van der Waals surface area contributed by atoms with Crippen molar-refractivity contribution < 1.29 is 28.5 Å². The van der Waals surface area contributed by atoms with E-state index in [0.717, 1.165) is 41.8 Å². The Morgan fingerprint density at radius 2 is 2.03 bits per heavy atom. The maximum atomic E-state index is 13.0. The number of hydrogen-bond donors (Lipinski definition) is 1. The molecule has 37 heavy (non-hydrogen) atoms. The van der Waals surface area contributed by atoms with Gasteiger partial charge >= 0.3 is 5.97 Å². The van der Waals surface area contributed by atoms with E-state index < -0.39 is 0 Å². The van der Waals surface area contributed by atoms with E-state index in [0.29, 0.717) is 19.1 Å². The maximum Gasteiger partial charge on any atom is 0.325 e. The average Bonchev–Trinajstić information content (AvgIpc) is 3.75. The van der Waals surface area contributed by atoms with Gasteiger partial charge in [0.1, 0.15) is 35.7 Å². The highest BCUT2D eigenvalue weighted by Crippen LogP contribution is 2.59. The van der Waals surface area contributed by atoms with E-state index >= 15 is 0 Å².